The number of likely N-dealkylation sites (tertiary alicyclic amines) is 1. The number of urea groups is 1. The molecule has 2 aliphatic rings. The maximum absolute atomic E-state index is 12.0. The van der Waals surface area contributed by atoms with E-state index < -0.39 is 6.03 Å². The molecule has 2 fully saturated rings. The second-order valence-corrected chi connectivity index (χ2v) is 7.10. The van der Waals surface area contributed by atoms with E-state index in [9.17, 15) is 9.59 Å². The minimum Gasteiger partial charge on any atom is -0.381 e. The molecule has 0 aromatic heterocycles. The molecule has 1 aromatic rings. The quantitative estimate of drug-likeness (QED) is 0.855. The van der Waals surface area contributed by atoms with Crippen LogP contribution in [0.3, 0.4) is 0 Å². The van der Waals surface area contributed by atoms with Crippen molar-refractivity contribution in [3.05, 3.63) is 35.9 Å². The Kier molecular flexibility index (Phi) is 6.04. The predicted octanol–water partition coefficient (Wildman–Crippen LogP) is 1.90. The van der Waals surface area contributed by atoms with E-state index >= 15 is 0 Å². The molecular weight excluding hydrogens is 318 g/mol. The van der Waals surface area contributed by atoms with Gasteiger partial charge in [-0.25, -0.2) is 4.79 Å². The fourth-order valence-corrected chi connectivity index (χ4v) is 3.70. The Labute approximate surface area is 148 Å². The molecule has 2 N–H and O–H groups in total. The van der Waals surface area contributed by atoms with E-state index in [1.165, 1.54) is 6.42 Å². The first kappa shape index (κ1) is 17.9. The summed E-state index contributed by atoms with van der Waals surface area (Å²) in [4.78, 5) is 26.1. The Hall–Kier alpha value is -1.92. The molecule has 0 atom stereocenters. The molecule has 2 heterocycles. The van der Waals surface area contributed by atoms with E-state index in [1.807, 2.05) is 30.3 Å². The van der Waals surface area contributed by atoms with Gasteiger partial charge in [-0.2, -0.15) is 0 Å². The highest BCUT2D eigenvalue weighted by Gasteiger charge is 2.39. The van der Waals surface area contributed by atoms with Crippen LogP contribution >= 0.6 is 0 Å². The Morgan fingerprint density at radius 3 is 2.64 bits per heavy atom. The van der Waals surface area contributed by atoms with Gasteiger partial charge >= 0.3 is 6.03 Å². The third-order valence-corrected chi connectivity index (χ3v) is 5.27. The van der Waals surface area contributed by atoms with E-state index in [1.54, 1.807) is 0 Å². The molecule has 0 radical (unpaired) electrons. The number of ether oxygens (including phenoxy) is 1. The monoisotopic (exact) mass is 345 g/mol. The Bertz CT molecular complexity index is 585. The molecule has 0 bridgehead atoms. The molecule has 2 saturated heterocycles. The van der Waals surface area contributed by atoms with Crippen molar-refractivity contribution in [2.24, 2.45) is 5.41 Å². The number of amides is 3. The molecular formula is C19H27N3O3. The molecule has 6 nitrogen and oxygen atoms in total. The number of nitrogens with one attached hydrogen (secondary N) is 2. The van der Waals surface area contributed by atoms with Crippen LogP contribution in [-0.2, 0) is 16.1 Å². The van der Waals surface area contributed by atoms with Crippen LogP contribution in [0.1, 0.15) is 31.2 Å². The lowest BCUT2D eigenvalue weighted by molar-refractivity contribution is -0.120. The molecule has 3 rings (SSSR count). The number of rotatable bonds is 5. The first-order chi connectivity index (χ1) is 12.2. The molecule has 3 amide bonds. The molecule has 0 aliphatic carbocycles. The summed E-state index contributed by atoms with van der Waals surface area (Å²) in [6.07, 6.45) is 3.79. The highest BCUT2D eigenvalue weighted by molar-refractivity contribution is 5.94. The fourth-order valence-electron chi connectivity index (χ4n) is 3.70. The first-order valence-corrected chi connectivity index (χ1v) is 9.07. The molecule has 136 valence electrons. The number of benzene rings is 1. The van der Waals surface area contributed by atoms with Gasteiger partial charge < -0.3 is 15.0 Å². The van der Waals surface area contributed by atoms with Gasteiger partial charge in [0, 0.05) is 39.3 Å². The molecule has 25 heavy (non-hydrogen) atoms. The molecule has 0 unspecified atom stereocenters. The Morgan fingerprint density at radius 1 is 1.12 bits per heavy atom. The van der Waals surface area contributed by atoms with Gasteiger partial charge in [0.05, 0.1) is 0 Å². The standard InChI is InChI=1S/C19H27N3O3/c23-17(21-18(24)20-14-16-4-2-1-3-5-16)6-10-22-11-7-19(15-22)8-12-25-13-9-19/h1-5H,6-15H2,(H2,20,21,23,24). The number of carbonyl (C=O) groups is 2. The van der Waals surface area contributed by atoms with Gasteiger partial charge in [0.15, 0.2) is 0 Å². The third-order valence-electron chi connectivity index (χ3n) is 5.27. The largest absolute Gasteiger partial charge is 0.381 e. The summed E-state index contributed by atoms with van der Waals surface area (Å²) < 4.78 is 5.46. The van der Waals surface area contributed by atoms with Crippen molar-refractivity contribution in [2.45, 2.75) is 32.2 Å². The minimum absolute atomic E-state index is 0.224. The molecule has 0 saturated carbocycles. The second-order valence-electron chi connectivity index (χ2n) is 7.10. The highest BCUT2D eigenvalue weighted by Crippen LogP contribution is 2.39. The van der Waals surface area contributed by atoms with Gasteiger partial charge in [-0.1, -0.05) is 30.3 Å². The van der Waals surface area contributed by atoms with Crippen molar-refractivity contribution in [3.63, 3.8) is 0 Å². The zero-order valence-corrected chi connectivity index (χ0v) is 14.6. The van der Waals surface area contributed by atoms with Crippen molar-refractivity contribution in [1.29, 1.82) is 0 Å². The van der Waals surface area contributed by atoms with Crippen LogP contribution in [0, 0.1) is 5.41 Å². The van der Waals surface area contributed by atoms with Crippen LogP contribution in [0.15, 0.2) is 30.3 Å². The van der Waals surface area contributed by atoms with E-state index in [-0.39, 0.29) is 5.91 Å². The topological polar surface area (TPSA) is 70.7 Å². The molecule has 1 aromatic carbocycles. The maximum atomic E-state index is 12.0. The van der Waals surface area contributed by atoms with Crippen molar-refractivity contribution < 1.29 is 14.3 Å². The Balaban J connectivity index is 1.33. The van der Waals surface area contributed by atoms with Crippen molar-refractivity contribution in [2.75, 3.05) is 32.8 Å². The molecule has 2 aliphatic heterocycles. The van der Waals surface area contributed by atoms with Crippen LogP contribution in [0.25, 0.3) is 0 Å². The van der Waals surface area contributed by atoms with E-state index in [0.29, 0.717) is 24.9 Å². The van der Waals surface area contributed by atoms with Gasteiger partial charge in [-0.15, -0.1) is 0 Å². The van der Waals surface area contributed by atoms with Crippen LogP contribution in [0.4, 0.5) is 4.79 Å². The summed E-state index contributed by atoms with van der Waals surface area (Å²) in [7, 11) is 0. The average Bonchev–Trinajstić information content (AvgIpc) is 3.02. The zero-order valence-electron chi connectivity index (χ0n) is 14.6. The molecule has 1 spiro atoms. The minimum atomic E-state index is -0.434. The lowest BCUT2D eigenvalue weighted by Crippen LogP contribution is -2.40. The smallest absolute Gasteiger partial charge is 0.321 e. The van der Waals surface area contributed by atoms with E-state index in [0.717, 1.165) is 44.7 Å². The van der Waals surface area contributed by atoms with Crippen LogP contribution in [-0.4, -0.2) is 49.7 Å². The van der Waals surface area contributed by atoms with E-state index in [2.05, 4.69) is 15.5 Å². The number of hydrogen-bond donors (Lipinski definition) is 2. The predicted molar refractivity (Wildman–Crippen MR) is 95.0 cm³/mol. The first-order valence-electron chi connectivity index (χ1n) is 9.07. The highest BCUT2D eigenvalue weighted by atomic mass is 16.5. The van der Waals surface area contributed by atoms with E-state index in [4.69, 9.17) is 4.74 Å². The van der Waals surface area contributed by atoms with Gasteiger partial charge in [0.2, 0.25) is 5.91 Å². The summed E-state index contributed by atoms with van der Waals surface area (Å²) in [5.41, 5.74) is 1.39. The summed E-state index contributed by atoms with van der Waals surface area (Å²) in [6, 6.07) is 9.19. The second kappa shape index (κ2) is 8.45. The maximum Gasteiger partial charge on any atom is 0.321 e. The summed E-state index contributed by atoms with van der Waals surface area (Å²) in [6.45, 7) is 4.92. The normalized spacial score (nSPS) is 19.7. The summed E-state index contributed by atoms with van der Waals surface area (Å²) in [5.74, 6) is -0.224. The van der Waals surface area contributed by atoms with Gasteiger partial charge in [0.1, 0.15) is 0 Å². The van der Waals surface area contributed by atoms with Gasteiger partial charge in [-0.3, -0.25) is 10.1 Å². The molecule has 6 heteroatoms. The number of hydrogen-bond acceptors (Lipinski definition) is 4. The van der Waals surface area contributed by atoms with Crippen molar-refractivity contribution in [1.82, 2.24) is 15.5 Å². The van der Waals surface area contributed by atoms with Crippen LogP contribution in [0.2, 0.25) is 0 Å². The van der Waals surface area contributed by atoms with Crippen LogP contribution in [0.5, 0.6) is 0 Å². The SMILES string of the molecule is O=C(CCN1CCC2(CCOCC2)C1)NC(=O)NCc1ccccc1. The average molecular weight is 345 g/mol. The Morgan fingerprint density at radius 2 is 1.88 bits per heavy atom. The number of imide groups is 1. The van der Waals surface area contributed by atoms with Gasteiger partial charge in [-0.05, 0) is 36.8 Å². The lowest BCUT2D eigenvalue weighted by Gasteiger charge is -2.33. The van der Waals surface area contributed by atoms with Gasteiger partial charge in [0.25, 0.3) is 0 Å². The zero-order chi connectivity index (χ0) is 17.5. The fraction of sp³-hybridized carbons (Fsp3) is 0.579. The summed E-state index contributed by atoms with van der Waals surface area (Å²) >= 11 is 0. The lowest BCUT2D eigenvalue weighted by atomic mass is 9.80. The number of nitrogens with zero attached hydrogens (tertiary/aromatic N) is 1. The number of carbonyl (C=O) groups excluding carboxylic acids is 2. The van der Waals surface area contributed by atoms with Crippen LogP contribution < -0.4 is 10.6 Å². The van der Waals surface area contributed by atoms with Crippen molar-refractivity contribution >= 4 is 11.9 Å². The third kappa shape index (κ3) is 5.28. The summed E-state index contributed by atoms with van der Waals surface area (Å²) in [5, 5.41) is 5.12. The van der Waals surface area contributed by atoms with Crippen molar-refractivity contribution in [3.8, 4) is 0 Å².